The third-order valence-electron chi connectivity index (χ3n) is 4.56. The highest BCUT2D eigenvalue weighted by atomic mass is 32.1. The highest BCUT2D eigenvalue weighted by Crippen LogP contribution is 2.35. The maximum atomic E-state index is 5.39. The van der Waals surface area contributed by atoms with Gasteiger partial charge in [0, 0.05) is 31.1 Å². The van der Waals surface area contributed by atoms with Crippen molar-refractivity contribution in [3.8, 4) is 0 Å². The Bertz CT molecular complexity index is 668. The summed E-state index contributed by atoms with van der Waals surface area (Å²) >= 11 is 1.80. The Labute approximate surface area is 140 Å². The van der Waals surface area contributed by atoms with Gasteiger partial charge in [-0.25, -0.2) is 9.97 Å². The Balaban J connectivity index is 1.41. The molecule has 0 bridgehead atoms. The predicted octanol–water partition coefficient (Wildman–Crippen LogP) is 1.47. The molecule has 2 N–H and O–H groups in total. The highest BCUT2D eigenvalue weighted by Gasteiger charge is 2.19. The zero-order chi connectivity index (χ0) is 15.5. The molecule has 2 aromatic rings. The molecule has 4 heterocycles. The van der Waals surface area contributed by atoms with E-state index in [1.165, 1.54) is 15.8 Å². The quantitative estimate of drug-likeness (QED) is 0.808. The molecule has 6 nitrogen and oxygen atoms in total. The molecular weight excluding hydrogens is 310 g/mol. The predicted molar refractivity (Wildman–Crippen MR) is 93.2 cm³/mol. The molecule has 2 aromatic heterocycles. The van der Waals surface area contributed by atoms with Gasteiger partial charge in [0.1, 0.15) is 17.0 Å². The van der Waals surface area contributed by atoms with Gasteiger partial charge in [-0.1, -0.05) is 0 Å². The van der Waals surface area contributed by atoms with Crippen molar-refractivity contribution >= 4 is 27.4 Å². The summed E-state index contributed by atoms with van der Waals surface area (Å²) in [6, 6.07) is 0. The minimum Gasteiger partial charge on any atom is -0.379 e. The number of ether oxygens (including phenoxy) is 1. The molecule has 4 rings (SSSR count). The van der Waals surface area contributed by atoms with E-state index in [2.05, 4.69) is 25.5 Å². The topological polar surface area (TPSA) is 62.3 Å². The van der Waals surface area contributed by atoms with Crippen LogP contribution in [0.4, 0.5) is 5.82 Å². The van der Waals surface area contributed by atoms with Gasteiger partial charge in [-0.05, 0) is 31.5 Å². The molecule has 124 valence electrons. The number of thiophene rings is 1. The van der Waals surface area contributed by atoms with Crippen molar-refractivity contribution in [3.63, 3.8) is 0 Å². The lowest BCUT2D eigenvalue weighted by atomic mass is 10.1. The van der Waals surface area contributed by atoms with Crippen LogP contribution in [0.15, 0.2) is 6.33 Å². The van der Waals surface area contributed by atoms with E-state index in [0.717, 1.165) is 76.0 Å². The molecule has 2 aliphatic rings. The van der Waals surface area contributed by atoms with Crippen LogP contribution in [0.5, 0.6) is 0 Å². The van der Waals surface area contributed by atoms with Crippen LogP contribution in [0.1, 0.15) is 16.9 Å². The van der Waals surface area contributed by atoms with E-state index in [0.29, 0.717) is 0 Å². The molecule has 0 spiro atoms. The van der Waals surface area contributed by atoms with Crippen molar-refractivity contribution in [2.75, 3.05) is 51.3 Å². The molecule has 0 aliphatic carbocycles. The molecular formula is C16H23N5OS. The summed E-state index contributed by atoms with van der Waals surface area (Å²) in [5, 5.41) is 8.23. The number of aromatic nitrogens is 2. The van der Waals surface area contributed by atoms with Crippen molar-refractivity contribution in [1.82, 2.24) is 20.2 Å². The average Bonchev–Trinajstić information content (AvgIpc) is 2.99. The van der Waals surface area contributed by atoms with Gasteiger partial charge < -0.3 is 15.4 Å². The molecule has 0 atom stereocenters. The summed E-state index contributed by atoms with van der Waals surface area (Å²) < 4.78 is 5.39. The molecule has 0 saturated carbocycles. The SMILES string of the molecule is c1nc(NCCCN2CCOCC2)c2c3c(sc2n1)CNCC3. The summed E-state index contributed by atoms with van der Waals surface area (Å²) in [6.45, 7) is 7.94. The van der Waals surface area contributed by atoms with Gasteiger partial charge in [-0.15, -0.1) is 11.3 Å². The summed E-state index contributed by atoms with van der Waals surface area (Å²) in [4.78, 5) is 14.0. The summed E-state index contributed by atoms with van der Waals surface area (Å²) in [6.07, 6.45) is 3.88. The van der Waals surface area contributed by atoms with E-state index in [-0.39, 0.29) is 0 Å². The summed E-state index contributed by atoms with van der Waals surface area (Å²) in [7, 11) is 0. The Morgan fingerprint density at radius 3 is 3.13 bits per heavy atom. The number of rotatable bonds is 5. The third-order valence-corrected chi connectivity index (χ3v) is 5.70. The van der Waals surface area contributed by atoms with Gasteiger partial charge in [0.2, 0.25) is 0 Å². The first-order valence-corrected chi connectivity index (χ1v) is 9.23. The molecule has 2 aliphatic heterocycles. The van der Waals surface area contributed by atoms with Gasteiger partial charge in [0.25, 0.3) is 0 Å². The summed E-state index contributed by atoms with van der Waals surface area (Å²) in [5.74, 6) is 1.01. The number of fused-ring (bicyclic) bond motifs is 3. The van der Waals surface area contributed by atoms with Crippen LogP contribution >= 0.6 is 11.3 Å². The van der Waals surface area contributed by atoms with Gasteiger partial charge in [0.15, 0.2) is 0 Å². The standard InChI is InChI=1S/C16H23N5OS/c1(5-21-6-8-22-9-7-21)3-18-15-14-12-2-4-17-10-13(12)23-16(14)20-11-19-15/h11,17H,1-10H2,(H,18,19,20). The van der Waals surface area contributed by atoms with Gasteiger partial charge in [-0.2, -0.15) is 0 Å². The zero-order valence-electron chi connectivity index (χ0n) is 13.3. The van der Waals surface area contributed by atoms with Gasteiger partial charge in [0.05, 0.1) is 18.6 Å². The maximum absolute atomic E-state index is 5.39. The van der Waals surface area contributed by atoms with Crippen LogP contribution in [-0.2, 0) is 17.7 Å². The van der Waals surface area contributed by atoms with E-state index in [1.807, 2.05) is 0 Å². The Kier molecular flexibility index (Phi) is 4.70. The second kappa shape index (κ2) is 7.09. The average molecular weight is 333 g/mol. The fourth-order valence-electron chi connectivity index (χ4n) is 3.33. The monoisotopic (exact) mass is 333 g/mol. The maximum Gasteiger partial charge on any atom is 0.138 e. The lowest BCUT2D eigenvalue weighted by Gasteiger charge is -2.26. The number of anilines is 1. The highest BCUT2D eigenvalue weighted by molar-refractivity contribution is 7.18. The minimum atomic E-state index is 0.870. The third kappa shape index (κ3) is 3.33. The molecule has 0 radical (unpaired) electrons. The normalized spacial score (nSPS) is 19.0. The van der Waals surface area contributed by atoms with E-state index < -0.39 is 0 Å². The van der Waals surface area contributed by atoms with Gasteiger partial charge >= 0.3 is 0 Å². The first-order valence-electron chi connectivity index (χ1n) is 8.42. The van der Waals surface area contributed by atoms with E-state index in [4.69, 9.17) is 4.74 Å². The van der Waals surface area contributed by atoms with E-state index >= 15 is 0 Å². The number of nitrogens with zero attached hydrogens (tertiary/aromatic N) is 3. The fourth-order valence-corrected chi connectivity index (χ4v) is 4.48. The zero-order valence-corrected chi connectivity index (χ0v) is 14.1. The second-order valence-corrected chi connectivity index (χ2v) is 7.15. The molecule has 1 saturated heterocycles. The van der Waals surface area contributed by atoms with Crippen molar-refractivity contribution in [2.45, 2.75) is 19.4 Å². The van der Waals surface area contributed by atoms with Gasteiger partial charge in [-0.3, -0.25) is 4.90 Å². The van der Waals surface area contributed by atoms with Crippen molar-refractivity contribution in [1.29, 1.82) is 0 Å². The van der Waals surface area contributed by atoms with E-state index in [1.54, 1.807) is 17.7 Å². The first-order chi connectivity index (χ1) is 11.4. The second-order valence-electron chi connectivity index (χ2n) is 6.07. The molecule has 0 unspecified atom stereocenters. The Morgan fingerprint density at radius 1 is 1.30 bits per heavy atom. The van der Waals surface area contributed by atoms with Crippen LogP contribution in [0.3, 0.4) is 0 Å². The molecule has 1 fully saturated rings. The smallest absolute Gasteiger partial charge is 0.138 e. The van der Waals surface area contributed by atoms with Crippen molar-refractivity contribution in [2.24, 2.45) is 0 Å². The van der Waals surface area contributed by atoms with Crippen LogP contribution in [-0.4, -0.2) is 60.8 Å². The van der Waals surface area contributed by atoms with Crippen LogP contribution in [0.2, 0.25) is 0 Å². The first kappa shape index (κ1) is 15.3. The van der Waals surface area contributed by atoms with Crippen molar-refractivity contribution < 1.29 is 4.74 Å². The number of hydrogen-bond acceptors (Lipinski definition) is 7. The van der Waals surface area contributed by atoms with Crippen LogP contribution in [0.25, 0.3) is 10.2 Å². The summed E-state index contributed by atoms with van der Waals surface area (Å²) in [5.41, 5.74) is 1.44. The Hall–Kier alpha value is -1.28. The van der Waals surface area contributed by atoms with Crippen molar-refractivity contribution in [3.05, 3.63) is 16.8 Å². The lowest BCUT2D eigenvalue weighted by Crippen LogP contribution is -2.37. The Morgan fingerprint density at radius 2 is 2.22 bits per heavy atom. The van der Waals surface area contributed by atoms with E-state index in [9.17, 15) is 0 Å². The largest absolute Gasteiger partial charge is 0.379 e. The molecule has 0 aromatic carbocycles. The number of nitrogens with one attached hydrogen (secondary N) is 2. The number of morpholine rings is 1. The van der Waals surface area contributed by atoms with Crippen LogP contribution in [0, 0.1) is 0 Å². The number of hydrogen-bond donors (Lipinski definition) is 2. The lowest BCUT2D eigenvalue weighted by molar-refractivity contribution is 0.0378. The minimum absolute atomic E-state index is 0.870. The fraction of sp³-hybridized carbons (Fsp3) is 0.625. The molecule has 23 heavy (non-hydrogen) atoms. The molecule has 0 amide bonds. The molecule has 7 heteroatoms. The van der Waals surface area contributed by atoms with Crippen LogP contribution < -0.4 is 10.6 Å².